The highest BCUT2D eigenvalue weighted by atomic mass is 35.5. The number of para-hydroxylation sites is 1. The lowest BCUT2D eigenvalue weighted by Crippen LogP contribution is -2.27. The molecule has 1 aromatic heterocycles. The van der Waals surface area contributed by atoms with Gasteiger partial charge in [0.15, 0.2) is 0 Å². The average molecular weight is 498 g/mol. The summed E-state index contributed by atoms with van der Waals surface area (Å²) in [6, 6.07) is 25.0. The van der Waals surface area contributed by atoms with Crippen LogP contribution in [0.25, 0.3) is 17.0 Å². The van der Waals surface area contributed by atoms with Gasteiger partial charge in [0, 0.05) is 33.7 Å². The van der Waals surface area contributed by atoms with E-state index in [9.17, 15) is 14.9 Å². The van der Waals surface area contributed by atoms with E-state index < -0.39 is 0 Å². The van der Waals surface area contributed by atoms with Crippen LogP contribution in [-0.2, 0) is 17.9 Å². The number of thioether (sulfide) groups is 1. The number of benzene rings is 3. The van der Waals surface area contributed by atoms with Crippen LogP contribution in [0.4, 0.5) is 4.79 Å². The minimum Gasteiger partial charge on any atom is -0.340 e. The van der Waals surface area contributed by atoms with Crippen LogP contribution in [0.2, 0.25) is 5.02 Å². The van der Waals surface area contributed by atoms with Crippen LogP contribution in [0.15, 0.2) is 77.7 Å². The molecule has 0 spiro atoms. The van der Waals surface area contributed by atoms with E-state index in [2.05, 4.69) is 10.6 Å². The molecule has 0 bridgehead atoms. The molecule has 4 aromatic rings. The number of hydrogen-bond acceptors (Lipinski definition) is 4. The molecule has 1 aliphatic heterocycles. The predicted molar refractivity (Wildman–Crippen MR) is 140 cm³/mol. The number of nitrogens with zero attached hydrogens (tertiary/aromatic N) is 3. The van der Waals surface area contributed by atoms with Crippen molar-refractivity contribution in [3.05, 3.63) is 111 Å². The third kappa shape index (κ3) is 4.25. The fraction of sp³-hybridized carbons (Fsp3) is 0.107. The van der Waals surface area contributed by atoms with Gasteiger partial charge in [-0.05, 0) is 54.1 Å². The number of fused-ring (bicyclic) bond motifs is 1. The summed E-state index contributed by atoms with van der Waals surface area (Å²) >= 11 is 7.19. The fourth-order valence-corrected chi connectivity index (χ4v) is 5.36. The molecule has 172 valence electrons. The van der Waals surface area contributed by atoms with Gasteiger partial charge in [-0.2, -0.15) is 5.26 Å². The summed E-state index contributed by atoms with van der Waals surface area (Å²) in [6.07, 6.45) is 1.81. The molecule has 5 rings (SSSR count). The largest absolute Gasteiger partial charge is 0.340 e. The van der Waals surface area contributed by atoms with Gasteiger partial charge in [-0.1, -0.05) is 66.2 Å². The Kier molecular flexibility index (Phi) is 6.21. The number of hydrogen-bond donors (Lipinski definition) is 0. The van der Waals surface area contributed by atoms with Crippen molar-refractivity contribution in [2.24, 2.45) is 0 Å². The van der Waals surface area contributed by atoms with Gasteiger partial charge in [-0.3, -0.25) is 14.5 Å². The van der Waals surface area contributed by atoms with E-state index in [-0.39, 0.29) is 17.7 Å². The number of aromatic nitrogens is 1. The molecule has 5 nitrogen and oxygen atoms in total. The van der Waals surface area contributed by atoms with Crippen molar-refractivity contribution in [1.82, 2.24) is 9.47 Å². The highest BCUT2D eigenvalue weighted by Gasteiger charge is 2.35. The number of halogens is 1. The smallest absolute Gasteiger partial charge is 0.293 e. The van der Waals surface area contributed by atoms with Crippen LogP contribution in [0, 0.1) is 18.3 Å². The highest BCUT2D eigenvalue weighted by molar-refractivity contribution is 8.18. The van der Waals surface area contributed by atoms with Crippen molar-refractivity contribution >= 4 is 51.5 Å². The number of imide groups is 1. The average Bonchev–Trinajstić information content (AvgIpc) is 3.29. The summed E-state index contributed by atoms with van der Waals surface area (Å²) < 4.78 is 2.14. The third-order valence-corrected chi connectivity index (χ3v) is 7.46. The van der Waals surface area contributed by atoms with Crippen molar-refractivity contribution in [3.63, 3.8) is 0 Å². The second kappa shape index (κ2) is 9.46. The summed E-state index contributed by atoms with van der Waals surface area (Å²) in [6.45, 7) is 2.65. The monoisotopic (exact) mass is 497 g/mol. The van der Waals surface area contributed by atoms with Crippen LogP contribution in [0.1, 0.15) is 27.9 Å². The quantitative estimate of drug-likeness (QED) is 0.286. The van der Waals surface area contributed by atoms with Gasteiger partial charge >= 0.3 is 0 Å². The molecule has 1 fully saturated rings. The van der Waals surface area contributed by atoms with Crippen LogP contribution >= 0.6 is 23.4 Å². The number of rotatable bonds is 5. The molecule has 2 amide bonds. The first-order valence-corrected chi connectivity index (χ1v) is 12.2. The zero-order valence-corrected chi connectivity index (χ0v) is 20.4. The summed E-state index contributed by atoms with van der Waals surface area (Å²) in [5.41, 5.74) is 5.12. The molecular weight excluding hydrogens is 478 g/mol. The maximum absolute atomic E-state index is 13.2. The lowest BCUT2D eigenvalue weighted by Gasteiger charge is -2.13. The van der Waals surface area contributed by atoms with Gasteiger partial charge in [0.05, 0.1) is 23.1 Å². The molecule has 35 heavy (non-hydrogen) atoms. The molecule has 0 radical (unpaired) electrons. The Bertz CT molecular complexity index is 1560. The maximum atomic E-state index is 13.2. The van der Waals surface area contributed by atoms with Crippen molar-refractivity contribution in [1.29, 1.82) is 5.26 Å². The second-order valence-corrected chi connectivity index (χ2v) is 9.63. The molecule has 1 saturated heterocycles. The SMILES string of the molecule is Cc1c(/C=C2\SC(=O)N(Cc3ccccc3Cl)C2=O)c2ccccc2n1Cc1ccccc1C#N. The van der Waals surface area contributed by atoms with E-state index >= 15 is 0 Å². The Morgan fingerprint density at radius 1 is 0.943 bits per heavy atom. The van der Waals surface area contributed by atoms with Gasteiger partial charge in [-0.15, -0.1) is 0 Å². The van der Waals surface area contributed by atoms with Gasteiger partial charge in [-0.25, -0.2) is 0 Å². The lowest BCUT2D eigenvalue weighted by molar-refractivity contribution is -0.123. The minimum absolute atomic E-state index is 0.132. The summed E-state index contributed by atoms with van der Waals surface area (Å²) in [7, 11) is 0. The Hall–Kier alpha value is -3.79. The van der Waals surface area contributed by atoms with Crippen LogP contribution in [0.5, 0.6) is 0 Å². The van der Waals surface area contributed by atoms with E-state index in [1.54, 1.807) is 6.07 Å². The van der Waals surface area contributed by atoms with Crippen LogP contribution in [-0.4, -0.2) is 20.6 Å². The van der Waals surface area contributed by atoms with Crippen molar-refractivity contribution < 1.29 is 9.59 Å². The summed E-state index contributed by atoms with van der Waals surface area (Å²) in [4.78, 5) is 27.5. The maximum Gasteiger partial charge on any atom is 0.293 e. The molecule has 2 heterocycles. The Balaban J connectivity index is 1.53. The molecule has 3 aromatic carbocycles. The zero-order chi connectivity index (χ0) is 24.5. The van der Waals surface area contributed by atoms with E-state index in [1.165, 1.54) is 4.90 Å². The van der Waals surface area contributed by atoms with Crippen LogP contribution < -0.4 is 0 Å². The first kappa shape index (κ1) is 23.0. The Labute approximate surface area is 212 Å². The zero-order valence-electron chi connectivity index (χ0n) is 18.9. The standard InChI is InChI=1S/C28H20ClN3O2S/c1-18-23(14-26-27(33)32(28(34)35-26)17-21-10-4-6-12-24(21)29)22-11-5-7-13-25(22)31(18)16-20-9-3-2-8-19(20)15-30/h2-14H,16-17H2,1H3/b26-14-. The second-order valence-electron chi connectivity index (χ2n) is 8.23. The third-order valence-electron chi connectivity index (χ3n) is 6.18. The summed E-state index contributed by atoms with van der Waals surface area (Å²) in [5, 5.41) is 10.7. The minimum atomic E-state index is -0.328. The molecule has 1 aliphatic rings. The lowest BCUT2D eigenvalue weighted by atomic mass is 10.1. The van der Waals surface area contributed by atoms with Crippen molar-refractivity contribution in [3.8, 4) is 6.07 Å². The van der Waals surface area contributed by atoms with Crippen LogP contribution in [0.3, 0.4) is 0 Å². The number of carbonyl (C=O) groups is 2. The molecular formula is C28H20ClN3O2S. The van der Waals surface area contributed by atoms with Crippen molar-refractivity contribution in [2.75, 3.05) is 0 Å². The number of amides is 2. The molecule has 0 unspecified atom stereocenters. The van der Waals surface area contributed by atoms with Gasteiger partial charge in [0.1, 0.15) is 0 Å². The Morgan fingerprint density at radius 2 is 1.63 bits per heavy atom. The van der Waals surface area contributed by atoms with E-state index in [0.717, 1.165) is 45.0 Å². The first-order valence-electron chi connectivity index (χ1n) is 11.0. The van der Waals surface area contributed by atoms with Gasteiger partial charge < -0.3 is 4.57 Å². The summed E-state index contributed by atoms with van der Waals surface area (Å²) in [5.74, 6) is -0.328. The molecule has 7 heteroatoms. The Morgan fingerprint density at radius 3 is 2.40 bits per heavy atom. The van der Waals surface area contributed by atoms with Gasteiger partial charge in [0.25, 0.3) is 11.1 Å². The first-order chi connectivity index (χ1) is 17.0. The number of carbonyl (C=O) groups excluding carboxylic acids is 2. The van der Waals surface area contributed by atoms with E-state index in [4.69, 9.17) is 11.6 Å². The molecule has 0 N–H and O–H groups in total. The van der Waals surface area contributed by atoms with Gasteiger partial charge in [0.2, 0.25) is 0 Å². The van der Waals surface area contributed by atoms with Crippen molar-refractivity contribution in [2.45, 2.75) is 20.0 Å². The molecule has 0 saturated carbocycles. The predicted octanol–water partition coefficient (Wildman–Crippen LogP) is 6.76. The van der Waals surface area contributed by atoms with E-state index in [0.29, 0.717) is 22.0 Å². The number of nitriles is 1. The highest BCUT2D eigenvalue weighted by Crippen LogP contribution is 2.37. The molecule has 0 atom stereocenters. The topological polar surface area (TPSA) is 66.1 Å². The van der Waals surface area contributed by atoms with E-state index in [1.807, 2.05) is 79.7 Å². The normalized spacial score (nSPS) is 14.8. The molecule has 0 aliphatic carbocycles. The fourth-order valence-electron chi connectivity index (χ4n) is 4.35.